The summed E-state index contributed by atoms with van der Waals surface area (Å²) in [7, 11) is -3.73. The Morgan fingerprint density at radius 2 is 1.90 bits per heavy atom. The van der Waals surface area contributed by atoms with Crippen molar-refractivity contribution in [1.29, 1.82) is 0 Å². The summed E-state index contributed by atoms with van der Waals surface area (Å²) in [4.78, 5) is 24.6. The number of nitrogens with zero attached hydrogens (tertiary/aromatic N) is 1. The number of esters is 1. The summed E-state index contributed by atoms with van der Waals surface area (Å²) in [6.07, 6.45) is 0.438. The van der Waals surface area contributed by atoms with Crippen molar-refractivity contribution >= 4 is 21.9 Å². The van der Waals surface area contributed by atoms with Crippen LogP contribution >= 0.6 is 0 Å². The summed E-state index contributed by atoms with van der Waals surface area (Å²) < 4.78 is 37.3. The Kier molecular flexibility index (Phi) is 7.58. The summed E-state index contributed by atoms with van der Waals surface area (Å²) >= 11 is 0. The van der Waals surface area contributed by atoms with E-state index in [1.807, 2.05) is 0 Å². The van der Waals surface area contributed by atoms with E-state index in [0.29, 0.717) is 24.4 Å². The molecule has 1 amide bonds. The highest BCUT2D eigenvalue weighted by Gasteiger charge is 2.26. The predicted octanol–water partition coefficient (Wildman–Crippen LogP) is 2.48. The Bertz CT molecular complexity index is 949. The molecular weight excluding hydrogens is 396 g/mol. The van der Waals surface area contributed by atoms with Crippen molar-refractivity contribution in [1.82, 2.24) is 9.62 Å². The number of hydrogen-bond acceptors (Lipinski definition) is 6. The number of carbonyl (C=O) groups is 2. The van der Waals surface area contributed by atoms with E-state index in [2.05, 4.69) is 5.32 Å². The van der Waals surface area contributed by atoms with E-state index in [0.717, 1.165) is 0 Å². The summed E-state index contributed by atoms with van der Waals surface area (Å²) in [5, 5.41) is 2.60. The molecule has 158 valence electrons. The lowest BCUT2D eigenvalue weighted by Crippen LogP contribution is -2.35. The molecule has 0 bridgehead atoms. The van der Waals surface area contributed by atoms with Gasteiger partial charge in [0.25, 0.3) is 5.91 Å². The van der Waals surface area contributed by atoms with E-state index in [1.165, 1.54) is 29.6 Å². The minimum atomic E-state index is -3.73. The topological polar surface area (TPSA) is 106 Å². The SMILES string of the molecule is CCN(CC)S(=O)(=O)c1cc(C(=O)O[C@@H](C)C(=O)NCc2ccco2)ccc1C. The smallest absolute Gasteiger partial charge is 0.338 e. The molecule has 0 unspecified atom stereocenters. The molecule has 2 aromatic rings. The van der Waals surface area contributed by atoms with Gasteiger partial charge in [0, 0.05) is 13.1 Å². The molecule has 2 rings (SSSR count). The Labute approximate surface area is 170 Å². The summed E-state index contributed by atoms with van der Waals surface area (Å²) in [5.41, 5.74) is 0.588. The maximum absolute atomic E-state index is 12.8. The van der Waals surface area contributed by atoms with Gasteiger partial charge in [-0.2, -0.15) is 4.31 Å². The zero-order valence-corrected chi connectivity index (χ0v) is 17.8. The molecule has 0 fully saturated rings. The number of furan rings is 1. The minimum absolute atomic E-state index is 0.0468. The van der Waals surface area contributed by atoms with Crippen LogP contribution in [0.15, 0.2) is 45.9 Å². The average Bonchev–Trinajstić information content (AvgIpc) is 3.20. The van der Waals surface area contributed by atoms with Crippen LogP contribution in [-0.2, 0) is 26.1 Å². The molecule has 0 aliphatic rings. The van der Waals surface area contributed by atoms with Crippen LogP contribution in [0.4, 0.5) is 0 Å². The van der Waals surface area contributed by atoms with Crippen LogP contribution in [0.2, 0.25) is 0 Å². The van der Waals surface area contributed by atoms with Crippen molar-refractivity contribution in [2.75, 3.05) is 13.1 Å². The Balaban J connectivity index is 2.11. The van der Waals surface area contributed by atoms with Gasteiger partial charge in [0.05, 0.1) is 23.3 Å². The summed E-state index contributed by atoms with van der Waals surface area (Å²) in [6.45, 7) is 7.41. The van der Waals surface area contributed by atoms with Crippen LogP contribution in [0.25, 0.3) is 0 Å². The number of aryl methyl sites for hydroxylation is 1. The molecule has 1 heterocycles. The zero-order chi connectivity index (χ0) is 21.6. The van der Waals surface area contributed by atoms with Gasteiger partial charge in [-0.3, -0.25) is 4.79 Å². The highest BCUT2D eigenvalue weighted by molar-refractivity contribution is 7.89. The van der Waals surface area contributed by atoms with Gasteiger partial charge < -0.3 is 14.5 Å². The number of sulfonamides is 1. The Hall–Kier alpha value is -2.65. The fourth-order valence-electron chi connectivity index (χ4n) is 2.72. The lowest BCUT2D eigenvalue weighted by atomic mass is 10.1. The number of benzene rings is 1. The van der Waals surface area contributed by atoms with Crippen LogP contribution < -0.4 is 5.32 Å². The van der Waals surface area contributed by atoms with Crippen LogP contribution in [-0.4, -0.2) is 43.8 Å². The van der Waals surface area contributed by atoms with Crippen LogP contribution in [0.3, 0.4) is 0 Å². The van der Waals surface area contributed by atoms with Crippen molar-refractivity contribution in [3.8, 4) is 0 Å². The molecule has 1 atom stereocenters. The largest absolute Gasteiger partial charge is 0.467 e. The molecule has 0 saturated heterocycles. The third-order valence-corrected chi connectivity index (χ3v) is 6.61. The van der Waals surface area contributed by atoms with Crippen molar-refractivity contribution < 1.29 is 27.2 Å². The standard InChI is InChI=1S/C20H26N2O6S/c1-5-22(6-2)29(25,26)18-12-16(10-9-14(18)3)20(24)28-15(4)19(23)21-13-17-8-7-11-27-17/h7-12,15H,5-6,13H2,1-4H3,(H,21,23)/t15-/m0/s1. The zero-order valence-electron chi connectivity index (χ0n) is 17.0. The first-order valence-electron chi connectivity index (χ1n) is 9.32. The number of hydrogen-bond donors (Lipinski definition) is 1. The van der Waals surface area contributed by atoms with Crippen molar-refractivity contribution in [3.63, 3.8) is 0 Å². The van der Waals surface area contributed by atoms with Crippen molar-refractivity contribution in [2.45, 2.75) is 45.2 Å². The fourth-order valence-corrected chi connectivity index (χ4v) is 4.43. The monoisotopic (exact) mass is 422 g/mol. The molecule has 1 aromatic heterocycles. The van der Waals surface area contributed by atoms with E-state index >= 15 is 0 Å². The van der Waals surface area contributed by atoms with Gasteiger partial charge in [0.15, 0.2) is 6.10 Å². The van der Waals surface area contributed by atoms with E-state index in [4.69, 9.17) is 9.15 Å². The lowest BCUT2D eigenvalue weighted by molar-refractivity contribution is -0.129. The molecule has 8 nitrogen and oxygen atoms in total. The number of carbonyl (C=O) groups excluding carboxylic acids is 2. The van der Waals surface area contributed by atoms with Crippen molar-refractivity contribution in [3.05, 3.63) is 53.5 Å². The molecule has 0 spiro atoms. The second-order valence-corrected chi connectivity index (χ2v) is 8.32. The number of nitrogens with one attached hydrogen (secondary N) is 1. The first-order chi connectivity index (χ1) is 13.7. The van der Waals surface area contributed by atoms with E-state index in [1.54, 1.807) is 39.0 Å². The molecule has 1 aromatic carbocycles. The third-order valence-electron chi connectivity index (χ3n) is 4.42. The van der Waals surface area contributed by atoms with Crippen molar-refractivity contribution in [2.24, 2.45) is 0 Å². The summed E-state index contributed by atoms with van der Waals surface area (Å²) in [6, 6.07) is 7.73. The molecular formula is C20H26N2O6S. The molecule has 0 radical (unpaired) electrons. The lowest BCUT2D eigenvalue weighted by Gasteiger charge is -2.20. The first kappa shape index (κ1) is 22.6. The normalized spacial score (nSPS) is 12.6. The number of ether oxygens (including phenoxy) is 1. The average molecular weight is 423 g/mol. The number of rotatable bonds is 9. The molecule has 0 aliphatic heterocycles. The predicted molar refractivity (Wildman–Crippen MR) is 107 cm³/mol. The Morgan fingerprint density at radius 3 is 2.48 bits per heavy atom. The molecule has 29 heavy (non-hydrogen) atoms. The Morgan fingerprint density at radius 1 is 1.21 bits per heavy atom. The molecule has 1 N–H and O–H groups in total. The highest BCUT2D eigenvalue weighted by Crippen LogP contribution is 2.22. The second kappa shape index (κ2) is 9.71. The van der Waals surface area contributed by atoms with Crippen LogP contribution in [0.5, 0.6) is 0 Å². The van der Waals surface area contributed by atoms with E-state index in [-0.39, 0.29) is 17.0 Å². The maximum Gasteiger partial charge on any atom is 0.338 e. The molecule has 9 heteroatoms. The first-order valence-corrected chi connectivity index (χ1v) is 10.8. The fraction of sp³-hybridized carbons (Fsp3) is 0.400. The second-order valence-electron chi connectivity index (χ2n) is 6.41. The maximum atomic E-state index is 12.8. The van der Waals surface area contributed by atoms with Gasteiger partial charge in [0.2, 0.25) is 10.0 Å². The van der Waals surface area contributed by atoms with E-state index in [9.17, 15) is 18.0 Å². The quantitative estimate of drug-likeness (QED) is 0.623. The molecule has 0 saturated carbocycles. The third kappa shape index (κ3) is 5.45. The van der Waals surface area contributed by atoms with Gasteiger partial charge >= 0.3 is 5.97 Å². The van der Waals surface area contributed by atoms with Gasteiger partial charge in [-0.1, -0.05) is 19.9 Å². The number of amides is 1. The molecule has 0 aliphatic carbocycles. The van der Waals surface area contributed by atoms with Gasteiger partial charge in [-0.05, 0) is 43.7 Å². The minimum Gasteiger partial charge on any atom is -0.467 e. The highest BCUT2D eigenvalue weighted by atomic mass is 32.2. The van der Waals surface area contributed by atoms with Gasteiger partial charge in [0.1, 0.15) is 5.76 Å². The van der Waals surface area contributed by atoms with Crippen LogP contribution in [0.1, 0.15) is 42.5 Å². The van der Waals surface area contributed by atoms with Crippen LogP contribution in [0, 0.1) is 6.92 Å². The summed E-state index contributed by atoms with van der Waals surface area (Å²) in [5.74, 6) is -0.693. The van der Waals surface area contributed by atoms with Gasteiger partial charge in [-0.15, -0.1) is 0 Å². The van der Waals surface area contributed by atoms with Gasteiger partial charge in [-0.25, -0.2) is 13.2 Å². The van der Waals surface area contributed by atoms with E-state index < -0.39 is 28.0 Å².